The molecule has 2 N–H and O–H groups in total. The van der Waals surface area contributed by atoms with Crippen LogP contribution in [0.1, 0.15) is 6.42 Å². The monoisotopic (exact) mass is 482 g/mol. The molecule has 1 saturated heterocycles. The van der Waals surface area contributed by atoms with E-state index >= 15 is 0 Å². The molecule has 4 aromatic rings. The minimum Gasteiger partial charge on any atom is -0.483 e. The molecule has 1 aliphatic heterocycles. The second-order valence-electron chi connectivity index (χ2n) is 7.42. The molecule has 1 fully saturated rings. The summed E-state index contributed by atoms with van der Waals surface area (Å²) in [5.41, 5.74) is 3.09. The number of nitrogens with zero attached hydrogens (tertiary/aromatic N) is 5. The van der Waals surface area contributed by atoms with Gasteiger partial charge < -0.3 is 15.3 Å². The van der Waals surface area contributed by atoms with Gasteiger partial charge >= 0.3 is 0 Å². The van der Waals surface area contributed by atoms with Crippen molar-refractivity contribution in [2.45, 2.75) is 12.6 Å². The number of alkyl halides is 1. The highest BCUT2D eigenvalue weighted by Gasteiger charge is 2.19. The van der Waals surface area contributed by atoms with Gasteiger partial charge in [0.1, 0.15) is 12.0 Å². The lowest BCUT2D eigenvalue weighted by Gasteiger charge is -2.03. The van der Waals surface area contributed by atoms with Crippen LogP contribution in [-0.4, -0.2) is 68.8 Å². The van der Waals surface area contributed by atoms with Gasteiger partial charge in [-0.3, -0.25) is 9.59 Å². The zero-order valence-corrected chi connectivity index (χ0v) is 18.9. The first kappa shape index (κ1) is 25.2. The number of carbonyl (C=O) groups excluding carboxylic acids is 1. The van der Waals surface area contributed by atoms with Crippen LogP contribution in [-0.2, 0) is 9.59 Å². The van der Waals surface area contributed by atoms with E-state index in [1.807, 2.05) is 36.5 Å². The Kier molecular flexibility index (Phi) is 8.76. The summed E-state index contributed by atoms with van der Waals surface area (Å²) in [6.07, 6.45) is 4.01. The topological polar surface area (TPSA) is 113 Å². The number of hydrogen-bond donors (Lipinski definition) is 2. The van der Waals surface area contributed by atoms with Crippen molar-refractivity contribution in [2.24, 2.45) is 0 Å². The molecule has 2 aromatic heterocycles. The molecule has 1 aliphatic rings. The number of nitrogens with one attached hydrogen (secondary N) is 1. The van der Waals surface area contributed by atoms with E-state index in [1.54, 1.807) is 29.9 Å². The van der Waals surface area contributed by atoms with Gasteiger partial charge in [0.15, 0.2) is 5.82 Å². The number of hydrogen-bond acceptors (Lipinski definition) is 6. The van der Waals surface area contributed by atoms with Crippen LogP contribution in [0.5, 0.6) is 0 Å². The van der Waals surface area contributed by atoms with Gasteiger partial charge in [-0.05, 0) is 30.2 Å². The van der Waals surface area contributed by atoms with Gasteiger partial charge in [0.25, 0.3) is 12.2 Å². The predicted molar refractivity (Wildman–Crippen MR) is 127 cm³/mol. The molecule has 0 saturated carbocycles. The fraction of sp³-hybridized carbons (Fsp3) is 0.208. The molecular weight excluding hydrogens is 458 g/mol. The maximum atomic E-state index is 14.1. The molecule has 5 rings (SSSR count). The van der Waals surface area contributed by atoms with Crippen molar-refractivity contribution in [2.75, 3.05) is 25.5 Å². The van der Waals surface area contributed by atoms with E-state index in [0.29, 0.717) is 43.1 Å². The van der Waals surface area contributed by atoms with Crippen molar-refractivity contribution in [1.29, 1.82) is 0 Å². The quantitative estimate of drug-likeness (QED) is 0.428. The van der Waals surface area contributed by atoms with E-state index in [1.165, 1.54) is 11.0 Å². The van der Waals surface area contributed by atoms with Crippen molar-refractivity contribution >= 4 is 24.3 Å². The van der Waals surface area contributed by atoms with Crippen LogP contribution < -0.4 is 5.32 Å². The first-order chi connectivity index (χ1) is 17.0. The third kappa shape index (κ3) is 6.56. The molecule has 182 valence electrons. The van der Waals surface area contributed by atoms with Crippen LogP contribution in [0.4, 0.5) is 14.5 Å². The van der Waals surface area contributed by atoms with Gasteiger partial charge in [-0.2, -0.15) is 4.98 Å². The SMILES string of the molecule is CNc1ccc(F)c(-c2nc3ncc(-c4ccccc4)cn3n2)c1.O=CN1CCC(F)C1.O=CO. The summed E-state index contributed by atoms with van der Waals surface area (Å²) in [6.45, 7) is 0.633. The van der Waals surface area contributed by atoms with Gasteiger partial charge in [-0.15, -0.1) is 5.10 Å². The highest BCUT2D eigenvalue weighted by atomic mass is 19.1. The number of halogens is 2. The first-order valence-corrected chi connectivity index (χ1v) is 10.7. The summed E-state index contributed by atoms with van der Waals surface area (Å²) in [4.78, 5) is 28.4. The van der Waals surface area contributed by atoms with Crippen LogP contribution in [0.15, 0.2) is 60.9 Å². The van der Waals surface area contributed by atoms with Crippen LogP contribution in [0.3, 0.4) is 0 Å². The van der Waals surface area contributed by atoms with Crippen LogP contribution in [0.2, 0.25) is 0 Å². The number of likely N-dealkylation sites (tertiary alicyclic amines) is 1. The van der Waals surface area contributed by atoms with E-state index in [9.17, 15) is 13.6 Å². The normalized spacial score (nSPS) is 14.4. The van der Waals surface area contributed by atoms with Gasteiger partial charge in [0.2, 0.25) is 6.41 Å². The summed E-state index contributed by atoms with van der Waals surface area (Å²) in [5.74, 6) is 0.370. The standard InChI is InChI=1S/C18H14FN5.C5H8FNO.CH2O2/c1-20-14-7-8-16(19)15(9-14)17-22-18-21-10-13(11-24(18)23-17)12-5-3-2-4-6-12;6-5-1-2-7(3-5)4-8;2-1-3/h2-11,20H,1H3;4-5H,1-3H2;1H,(H,2,3). The number of rotatable bonds is 4. The summed E-state index contributed by atoms with van der Waals surface area (Å²) in [5, 5.41) is 14.3. The van der Waals surface area contributed by atoms with E-state index in [-0.39, 0.29) is 12.3 Å². The van der Waals surface area contributed by atoms with E-state index in [2.05, 4.69) is 20.4 Å². The Morgan fingerprint density at radius 2 is 1.89 bits per heavy atom. The molecule has 0 bridgehead atoms. The smallest absolute Gasteiger partial charge is 0.290 e. The largest absolute Gasteiger partial charge is 0.483 e. The zero-order chi connectivity index (χ0) is 25.2. The molecule has 11 heteroatoms. The minimum absolute atomic E-state index is 0.250. The number of amides is 1. The van der Waals surface area contributed by atoms with Crippen LogP contribution in [0.25, 0.3) is 28.3 Å². The minimum atomic E-state index is -0.778. The van der Waals surface area contributed by atoms with Crippen molar-refractivity contribution in [3.05, 3.63) is 66.7 Å². The van der Waals surface area contributed by atoms with Gasteiger partial charge in [0, 0.05) is 37.2 Å². The lowest BCUT2D eigenvalue weighted by Crippen LogP contribution is -2.18. The Balaban J connectivity index is 0.000000260. The summed E-state index contributed by atoms with van der Waals surface area (Å²) < 4.78 is 27.9. The molecular formula is C24H24F2N6O3. The average Bonchev–Trinajstić information content (AvgIpc) is 3.51. The lowest BCUT2D eigenvalue weighted by molar-refractivity contribution is -0.123. The number of carbonyl (C=O) groups is 2. The molecule has 0 spiro atoms. The summed E-state index contributed by atoms with van der Waals surface area (Å²) in [6, 6.07) is 14.6. The van der Waals surface area contributed by atoms with E-state index in [0.717, 1.165) is 16.8 Å². The maximum absolute atomic E-state index is 14.1. The van der Waals surface area contributed by atoms with E-state index < -0.39 is 6.17 Å². The molecule has 9 nitrogen and oxygen atoms in total. The number of anilines is 1. The molecule has 1 unspecified atom stereocenters. The Morgan fingerprint density at radius 1 is 1.14 bits per heavy atom. The maximum Gasteiger partial charge on any atom is 0.290 e. The highest BCUT2D eigenvalue weighted by molar-refractivity contribution is 5.66. The lowest BCUT2D eigenvalue weighted by atomic mass is 10.1. The second-order valence-corrected chi connectivity index (χ2v) is 7.42. The Morgan fingerprint density at radius 3 is 2.49 bits per heavy atom. The second kappa shape index (κ2) is 12.2. The van der Waals surface area contributed by atoms with E-state index in [4.69, 9.17) is 9.90 Å². The van der Waals surface area contributed by atoms with Crippen LogP contribution in [0, 0.1) is 5.82 Å². The van der Waals surface area contributed by atoms with Gasteiger partial charge in [-0.25, -0.2) is 18.3 Å². The molecule has 0 aliphatic carbocycles. The molecule has 1 amide bonds. The molecule has 35 heavy (non-hydrogen) atoms. The number of carboxylic acid groups (broad SMARTS) is 1. The number of fused-ring (bicyclic) bond motifs is 1. The summed E-state index contributed by atoms with van der Waals surface area (Å²) in [7, 11) is 1.78. The van der Waals surface area contributed by atoms with Gasteiger partial charge in [0.05, 0.1) is 12.1 Å². The number of aromatic nitrogens is 4. The highest BCUT2D eigenvalue weighted by Crippen LogP contribution is 2.24. The first-order valence-electron chi connectivity index (χ1n) is 10.7. The third-order valence-electron chi connectivity index (χ3n) is 5.11. The fourth-order valence-electron chi connectivity index (χ4n) is 3.37. The Hall–Kier alpha value is -4.41. The third-order valence-corrected chi connectivity index (χ3v) is 5.11. The van der Waals surface area contributed by atoms with Gasteiger partial charge in [-0.1, -0.05) is 30.3 Å². The Labute approximate surface area is 200 Å². The molecule has 2 aromatic carbocycles. The molecule has 1 atom stereocenters. The van der Waals surface area contributed by atoms with Crippen molar-refractivity contribution in [3.63, 3.8) is 0 Å². The average molecular weight is 482 g/mol. The number of benzene rings is 2. The summed E-state index contributed by atoms with van der Waals surface area (Å²) >= 11 is 0. The predicted octanol–water partition coefficient (Wildman–Crippen LogP) is 3.53. The molecule has 0 radical (unpaired) electrons. The van der Waals surface area contributed by atoms with Crippen molar-refractivity contribution in [1.82, 2.24) is 24.5 Å². The van der Waals surface area contributed by atoms with Crippen molar-refractivity contribution in [3.8, 4) is 22.5 Å². The Bertz CT molecular complexity index is 1270. The van der Waals surface area contributed by atoms with Crippen LogP contribution >= 0.6 is 0 Å². The zero-order valence-electron chi connectivity index (χ0n) is 18.9. The molecule has 3 heterocycles. The fourth-order valence-corrected chi connectivity index (χ4v) is 3.37. The van der Waals surface area contributed by atoms with Crippen molar-refractivity contribution < 1.29 is 23.5 Å².